The second-order valence-electron chi connectivity index (χ2n) is 4.38. The van der Waals surface area contributed by atoms with Crippen LogP contribution in [0, 0.1) is 0 Å². The zero-order chi connectivity index (χ0) is 12.7. The summed E-state index contributed by atoms with van der Waals surface area (Å²) in [5.74, 6) is 0. The summed E-state index contributed by atoms with van der Waals surface area (Å²) in [6.45, 7) is 0. The lowest BCUT2D eigenvalue weighted by Gasteiger charge is -2.12. The Kier molecular flexibility index (Phi) is 3.14. The first-order valence-corrected chi connectivity index (χ1v) is 6.77. The van der Waals surface area contributed by atoms with Gasteiger partial charge in [-0.3, -0.25) is 0 Å². The van der Waals surface area contributed by atoms with Crippen molar-refractivity contribution in [2.45, 2.75) is 12.5 Å². The molecule has 1 N–H and O–H groups in total. The summed E-state index contributed by atoms with van der Waals surface area (Å²) in [5, 5.41) is 5.40. The molecule has 92 valence electrons. The van der Waals surface area contributed by atoms with Gasteiger partial charge in [-0.05, 0) is 47.9 Å². The second-order valence-corrected chi connectivity index (χ2v) is 5.63. The second kappa shape index (κ2) is 4.65. The predicted octanol–water partition coefficient (Wildman–Crippen LogP) is 5.36. The van der Waals surface area contributed by atoms with Crippen LogP contribution in [0.4, 0.5) is 5.69 Å². The van der Waals surface area contributed by atoms with E-state index in [0.717, 1.165) is 22.7 Å². The summed E-state index contributed by atoms with van der Waals surface area (Å²) in [5.41, 5.74) is 3.51. The van der Waals surface area contributed by atoms with E-state index in [1.807, 2.05) is 36.4 Å². The fourth-order valence-electron chi connectivity index (χ4n) is 2.26. The van der Waals surface area contributed by atoms with E-state index in [1.165, 1.54) is 5.56 Å². The SMILES string of the molecule is Clc1ccc2c(c1)CC(c1ccc(Cl)c(Cl)c1)N2. The summed E-state index contributed by atoms with van der Waals surface area (Å²) in [6.07, 6.45) is 0.911. The van der Waals surface area contributed by atoms with Crippen LogP contribution in [0.3, 0.4) is 0 Å². The van der Waals surface area contributed by atoms with E-state index in [-0.39, 0.29) is 6.04 Å². The fourth-order valence-corrected chi connectivity index (χ4v) is 2.76. The van der Waals surface area contributed by atoms with E-state index in [2.05, 4.69) is 5.32 Å². The number of anilines is 1. The van der Waals surface area contributed by atoms with Gasteiger partial charge in [-0.15, -0.1) is 0 Å². The van der Waals surface area contributed by atoms with Gasteiger partial charge >= 0.3 is 0 Å². The molecule has 2 aromatic rings. The number of fused-ring (bicyclic) bond motifs is 1. The molecule has 0 aromatic heterocycles. The van der Waals surface area contributed by atoms with E-state index in [9.17, 15) is 0 Å². The molecule has 1 unspecified atom stereocenters. The molecule has 1 heterocycles. The van der Waals surface area contributed by atoms with Gasteiger partial charge in [0.15, 0.2) is 0 Å². The van der Waals surface area contributed by atoms with Crippen LogP contribution in [-0.4, -0.2) is 0 Å². The number of halogens is 3. The minimum absolute atomic E-state index is 0.230. The number of nitrogens with one attached hydrogen (secondary N) is 1. The van der Waals surface area contributed by atoms with Gasteiger partial charge in [-0.2, -0.15) is 0 Å². The molecule has 4 heteroatoms. The molecule has 0 spiro atoms. The Morgan fingerprint density at radius 2 is 1.78 bits per heavy atom. The van der Waals surface area contributed by atoms with Crippen molar-refractivity contribution >= 4 is 40.5 Å². The van der Waals surface area contributed by atoms with Crippen LogP contribution < -0.4 is 5.32 Å². The molecule has 0 fully saturated rings. The first-order valence-electron chi connectivity index (χ1n) is 5.63. The Labute approximate surface area is 121 Å². The molecule has 0 saturated heterocycles. The van der Waals surface area contributed by atoms with Gasteiger partial charge in [-0.25, -0.2) is 0 Å². The lowest BCUT2D eigenvalue weighted by atomic mass is 10.0. The predicted molar refractivity (Wildman–Crippen MR) is 78.0 cm³/mol. The molecule has 0 aliphatic carbocycles. The number of benzene rings is 2. The van der Waals surface area contributed by atoms with Crippen molar-refractivity contribution in [2.75, 3.05) is 5.32 Å². The van der Waals surface area contributed by atoms with Crippen molar-refractivity contribution in [1.29, 1.82) is 0 Å². The molecule has 1 nitrogen and oxygen atoms in total. The zero-order valence-electron chi connectivity index (χ0n) is 9.38. The van der Waals surface area contributed by atoms with Crippen LogP contribution in [-0.2, 0) is 6.42 Å². The van der Waals surface area contributed by atoms with Crippen LogP contribution >= 0.6 is 34.8 Å². The van der Waals surface area contributed by atoms with Crippen molar-refractivity contribution in [1.82, 2.24) is 0 Å². The molecule has 2 aromatic carbocycles. The Hall–Kier alpha value is -0.890. The molecule has 1 aliphatic heterocycles. The van der Waals surface area contributed by atoms with Crippen LogP contribution in [0.15, 0.2) is 36.4 Å². The first kappa shape index (κ1) is 12.2. The lowest BCUT2D eigenvalue weighted by molar-refractivity contribution is 0.824. The normalized spacial score (nSPS) is 17.4. The third kappa shape index (κ3) is 2.18. The monoisotopic (exact) mass is 297 g/mol. The van der Waals surface area contributed by atoms with Crippen molar-refractivity contribution in [3.63, 3.8) is 0 Å². The maximum atomic E-state index is 6.05. The topological polar surface area (TPSA) is 12.0 Å². The molecule has 1 atom stereocenters. The molecule has 3 rings (SSSR count). The van der Waals surface area contributed by atoms with Crippen molar-refractivity contribution in [2.24, 2.45) is 0 Å². The van der Waals surface area contributed by atoms with E-state index in [4.69, 9.17) is 34.8 Å². The smallest absolute Gasteiger partial charge is 0.0595 e. The molecule has 1 aliphatic rings. The molecule has 0 bridgehead atoms. The van der Waals surface area contributed by atoms with Gasteiger partial charge in [0, 0.05) is 10.7 Å². The molecule has 0 radical (unpaired) electrons. The third-order valence-corrected chi connectivity index (χ3v) is 4.14. The summed E-state index contributed by atoms with van der Waals surface area (Å²) >= 11 is 18.0. The minimum atomic E-state index is 0.230. The zero-order valence-corrected chi connectivity index (χ0v) is 11.7. The highest BCUT2D eigenvalue weighted by Gasteiger charge is 2.22. The standard InChI is InChI=1S/C14H10Cl3N/c15-10-2-4-13-9(5-10)7-14(18-13)8-1-3-11(16)12(17)6-8/h1-6,14,18H,7H2. The Morgan fingerprint density at radius 3 is 2.56 bits per heavy atom. The van der Waals surface area contributed by atoms with Crippen LogP contribution in [0.5, 0.6) is 0 Å². The number of rotatable bonds is 1. The van der Waals surface area contributed by atoms with E-state index < -0.39 is 0 Å². The highest BCUT2D eigenvalue weighted by Crippen LogP contribution is 2.37. The molecule has 18 heavy (non-hydrogen) atoms. The van der Waals surface area contributed by atoms with Crippen LogP contribution in [0.2, 0.25) is 15.1 Å². The summed E-state index contributed by atoms with van der Waals surface area (Å²) < 4.78 is 0. The first-order chi connectivity index (χ1) is 8.63. The summed E-state index contributed by atoms with van der Waals surface area (Å²) in [6, 6.07) is 11.9. The summed E-state index contributed by atoms with van der Waals surface area (Å²) in [7, 11) is 0. The van der Waals surface area contributed by atoms with Gasteiger partial charge in [0.1, 0.15) is 0 Å². The molecular formula is C14H10Cl3N. The molecule has 0 amide bonds. The maximum absolute atomic E-state index is 6.05. The van der Waals surface area contributed by atoms with Gasteiger partial charge in [0.25, 0.3) is 0 Å². The average Bonchev–Trinajstić information content (AvgIpc) is 2.75. The highest BCUT2D eigenvalue weighted by atomic mass is 35.5. The van der Waals surface area contributed by atoms with Crippen molar-refractivity contribution in [3.8, 4) is 0 Å². The number of hydrogen-bond donors (Lipinski definition) is 1. The fraction of sp³-hybridized carbons (Fsp3) is 0.143. The van der Waals surface area contributed by atoms with Gasteiger partial charge in [0.05, 0.1) is 16.1 Å². The van der Waals surface area contributed by atoms with Crippen molar-refractivity contribution < 1.29 is 0 Å². The Morgan fingerprint density at radius 1 is 0.944 bits per heavy atom. The third-order valence-electron chi connectivity index (χ3n) is 3.17. The number of hydrogen-bond acceptors (Lipinski definition) is 1. The van der Waals surface area contributed by atoms with Gasteiger partial charge < -0.3 is 5.32 Å². The lowest BCUT2D eigenvalue weighted by Crippen LogP contribution is -2.05. The van der Waals surface area contributed by atoms with E-state index >= 15 is 0 Å². The minimum Gasteiger partial charge on any atom is -0.378 e. The highest BCUT2D eigenvalue weighted by molar-refractivity contribution is 6.42. The van der Waals surface area contributed by atoms with E-state index in [0.29, 0.717) is 10.0 Å². The summed E-state index contributed by atoms with van der Waals surface area (Å²) in [4.78, 5) is 0. The maximum Gasteiger partial charge on any atom is 0.0595 e. The van der Waals surface area contributed by atoms with E-state index in [1.54, 1.807) is 0 Å². The van der Waals surface area contributed by atoms with Crippen LogP contribution in [0.1, 0.15) is 17.2 Å². The Bertz CT molecular complexity index is 610. The van der Waals surface area contributed by atoms with Crippen molar-refractivity contribution in [3.05, 3.63) is 62.6 Å². The van der Waals surface area contributed by atoms with Gasteiger partial charge in [0.2, 0.25) is 0 Å². The van der Waals surface area contributed by atoms with Gasteiger partial charge in [-0.1, -0.05) is 40.9 Å². The van der Waals surface area contributed by atoms with Crippen LogP contribution in [0.25, 0.3) is 0 Å². The quantitative estimate of drug-likeness (QED) is 0.747. The molecular weight excluding hydrogens is 289 g/mol. The largest absolute Gasteiger partial charge is 0.378 e. The average molecular weight is 299 g/mol. The molecule has 0 saturated carbocycles. The Balaban J connectivity index is 1.91.